The molecule has 130 valence electrons. The van der Waals surface area contributed by atoms with Crippen molar-refractivity contribution < 1.29 is 13.2 Å². The van der Waals surface area contributed by atoms with Gasteiger partial charge in [-0.15, -0.1) is 11.3 Å². The summed E-state index contributed by atoms with van der Waals surface area (Å²) in [5, 5.41) is 0.936. The van der Waals surface area contributed by atoms with E-state index in [2.05, 4.69) is 9.71 Å². The Morgan fingerprint density at radius 3 is 2.96 bits per heavy atom. The molecule has 3 aromatic rings. The fourth-order valence-electron chi connectivity index (χ4n) is 2.84. The number of fused-ring (bicyclic) bond motifs is 2. The third-order valence-corrected chi connectivity index (χ3v) is 6.97. The van der Waals surface area contributed by atoms with Gasteiger partial charge in [0.25, 0.3) is 0 Å². The smallest absolute Gasteiger partial charge is 0.240 e. The van der Waals surface area contributed by atoms with E-state index in [1.165, 1.54) is 0 Å². The highest BCUT2D eigenvalue weighted by Crippen LogP contribution is 2.29. The van der Waals surface area contributed by atoms with Gasteiger partial charge in [-0.25, -0.2) is 18.1 Å². The second kappa shape index (κ2) is 6.40. The van der Waals surface area contributed by atoms with Gasteiger partial charge in [-0.2, -0.15) is 0 Å². The van der Waals surface area contributed by atoms with Crippen molar-refractivity contribution in [3.05, 3.63) is 53.0 Å². The van der Waals surface area contributed by atoms with Gasteiger partial charge in [-0.1, -0.05) is 19.1 Å². The molecule has 4 rings (SSSR count). The Morgan fingerprint density at radius 2 is 2.12 bits per heavy atom. The molecule has 0 fully saturated rings. The number of hydrogen-bond donors (Lipinski definition) is 1. The summed E-state index contributed by atoms with van der Waals surface area (Å²) in [5.74, 6) is 0.784. The summed E-state index contributed by atoms with van der Waals surface area (Å²) in [7, 11) is -3.54. The number of rotatable bonds is 5. The lowest BCUT2D eigenvalue weighted by Gasteiger charge is -2.11. The van der Waals surface area contributed by atoms with Crippen LogP contribution in [0, 0.1) is 0 Å². The first-order valence-corrected chi connectivity index (χ1v) is 10.4. The number of aromatic nitrogens is 1. The van der Waals surface area contributed by atoms with Crippen LogP contribution >= 0.6 is 11.3 Å². The van der Waals surface area contributed by atoms with E-state index in [-0.39, 0.29) is 10.8 Å². The van der Waals surface area contributed by atoms with Crippen molar-refractivity contribution in [1.82, 2.24) is 9.71 Å². The third kappa shape index (κ3) is 3.27. The molecule has 5 nitrogen and oxygen atoms in total. The third-order valence-electron chi connectivity index (χ3n) is 4.28. The molecular weight excluding hydrogens is 356 g/mol. The molecule has 0 saturated heterocycles. The van der Waals surface area contributed by atoms with Gasteiger partial charge >= 0.3 is 0 Å². The molecule has 0 spiro atoms. The maximum atomic E-state index is 12.6. The minimum Gasteiger partial charge on any atom is -0.493 e. The number of benzene rings is 2. The van der Waals surface area contributed by atoms with Crippen LogP contribution in [-0.2, 0) is 16.4 Å². The highest BCUT2D eigenvalue weighted by Gasteiger charge is 2.21. The van der Waals surface area contributed by atoms with Crippen molar-refractivity contribution in [2.75, 3.05) is 13.2 Å². The van der Waals surface area contributed by atoms with Crippen molar-refractivity contribution in [1.29, 1.82) is 0 Å². The van der Waals surface area contributed by atoms with Crippen LogP contribution in [0.4, 0.5) is 0 Å². The van der Waals surface area contributed by atoms with E-state index in [4.69, 9.17) is 4.74 Å². The standard InChI is InChI=1S/C18H18N2O3S2/c1-12(18-20-15-4-2-3-5-17(15)24-18)11-19-25(21,22)14-6-7-16-13(10-14)8-9-23-16/h2-7,10,12,19H,8-9,11H2,1H3/t12-/m0/s1. The zero-order chi connectivity index (χ0) is 17.4. The van der Waals surface area contributed by atoms with E-state index < -0.39 is 10.0 Å². The lowest BCUT2D eigenvalue weighted by atomic mass is 10.2. The van der Waals surface area contributed by atoms with E-state index in [1.54, 1.807) is 29.5 Å². The molecule has 0 bridgehead atoms. The summed E-state index contributed by atoms with van der Waals surface area (Å²) in [6, 6.07) is 13.0. The van der Waals surface area contributed by atoms with Gasteiger partial charge in [0.2, 0.25) is 10.0 Å². The Bertz CT molecular complexity index is 995. The highest BCUT2D eigenvalue weighted by molar-refractivity contribution is 7.89. The Hall–Kier alpha value is -1.96. The number of para-hydroxylation sites is 1. The summed E-state index contributed by atoms with van der Waals surface area (Å²) in [5.41, 5.74) is 1.90. The number of sulfonamides is 1. The zero-order valence-corrected chi connectivity index (χ0v) is 15.4. The first-order chi connectivity index (χ1) is 12.0. The van der Waals surface area contributed by atoms with Crippen molar-refractivity contribution in [2.45, 2.75) is 24.2 Å². The molecule has 0 saturated carbocycles. The molecular formula is C18H18N2O3S2. The molecule has 1 N–H and O–H groups in total. The highest BCUT2D eigenvalue weighted by atomic mass is 32.2. The maximum Gasteiger partial charge on any atom is 0.240 e. The number of hydrogen-bond acceptors (Lipinski definition) is 5. The van der Waals surface area contributed by atoms with Gasteiger partial charge in [0, 0.05) is 18.9 Å². The van der Waals surface area contributed by atoms with Crippen LogP contribution in [0.2, 0.25) is 0 Å². The quantitative estimate of drug-likeness (QED) is 0.744. The van der Waals surface area contributed by atoms with Crippen LogP contribution in [0.25, 0.3) is 10.2 Å². The van der Waals surface area contributed by atoms with E-state index in [1.807, 2.05) is 31.2 Å². The summed E-state index contributed by atoms with van der Waals surface area (Å²) < 4.78 is 34.4. The molecule has 0 aliphatic carbocycles. The predicted octanol–water partition coefficient (Wildman–Crippen LogP) is 3.31. The Labute approximate surface area is 150 Å². The van der Waals surface area contributed by atoms with Crippen molar-refractivity contribution in [2.24, 2.45) is 0 Å². The van der Waals surface area contributed by atoms with Gasteiger partial charge in [0.05, 0.1) is 26.7 Å². The molecule has 25 heavy (non-hydrogen) atoms. The zero-order valence-electron chi connectivity index (χ0n) is 13.7. The minimum atomic E-state index is -3.54. The van der Waals surface area contributed by atoms with E-state index in [9.17, 15) is 8.42 Å². The average Bonchev–Trinajstić information content (AvgIpc) is 3.25. The van der Waals surface area contributed by atoms with Crippen LogP contribution in [0.5, 0.6) is 5.75 Å². The van der Waals surface area contributed by atoms with Crippen LogP contribution in [0.1, 0.15) is 23.4 Å². The maximum absolute atomic E-state index is 12.6. The van der Waals surface area contributed by atoms with E-state index >= 15 is 0 Å². The number of nitrogens with zero attached hydrogens (tertiary/aromatic N) is 1. The van der Waals surface area contributed by atoms with Crippen molar-refractivity contribution in [3.63, 3.8) is 0 Å². The predicted molar refractivity (Wildman–Crippen MR) is 98.9 cm³/mol. The fourth-order valence-corrected chi connectivity index (χ4v) is 5.04. The molecule has 0 radical (unpaired) electrons. The van der Waals surface area contributed by atoms with Gasteiger partial charge in [0.15, 0.2) is 0 Å². The number of nitrogens with one attached hydrogen (secondary N) is 1. The second-order valence-electron chi connectivity index (χ2n) is 6.14. The van der Waals surface area contributed by atoms with Gasteiger partial charge in [-0.05, 0) is 35.9 Å². The lowest BCUT2D eigenvalue weighted by Crippen LogP contribution is -2.27. The normalized spacial score (nSPS) is 15.1. The largest absolute Gasteiger partial charge is 0.493 e. The van der Waals surface area contributed by atoms with Crippen LogP contribution in [0.3, 0.4) is 0 Å². The Morgan fingerprint density at radius 1 is 1.28 bits per heavy atom. The minimum absolute atomic E-state index is 0.00457. The Balaban J connectivity index is 1.49. The molecule has 1 aliphatic rings. The molecule has 1 aliphatic heterocycles. The first kappa shape index (κ1) is 16.5. The lowest BCUT2D eigenvalue weighted by molar-refractivity contribution is 0.356. The first-order valence-electron chi connectivity index (χ1n) is 8.14. The topological polar surface area (TPSA) is 68.3 Å². The van der Waals surface area contributed by atoms with Gasteiger partial charge < -0.3 is 4.74 Å². The second-order valence-corrected chi connectivity index (χ2v) is 8.97. The summed E-state index contributed by atoms with van der Waals surface area (Å²) in [4.78, 5) is 4.89. The summed E-state index contributed by atoms with van der Waals surface area (Å²) in [6.07, 6.45) is 0.751. The summed E-state index contributed by atoms with van der Waals surface area (Å²) >= 11 is 1.61. The van der Waals surface area contributed by atoms with Crippen LogP contribution in [0.15, 0.2) is 47.4 Å². The molecule has 7 heteroatoms. The molecule has 2 heterocycles. The molecule has 1 atom stereocenters. The van der Waals surface area contributed by atoms with Crippen LogP contribution in [-0.4, -0.2) is 26.6 Å². The Kier molecular flexibility index (Phi) is 4.23. The van der Waals surface area contributed by atoms with Crippen LogP contribution < -0.4 is 9.46 Å². The average molecular weight is 374 g/mol. The number of thiazole rings is 1. The molecule has 0 unspecified atom stereocenters. The molecule has 1 aromatic heterocycles. The van der Waals surface area contributed by atoms with Crippen molar-refractivity contribution >= 4 is 31.6 Å². The SMILES string of the molecule is C[C@@H](CNS(=O)(=O)c1ccc2c(c1)CCO2)c1nc2ccccc2s1. The summed E-state index contributed by atoms with van der Waals surface area (Å²) in [6.45, 7) is 2.91. The van der Waals surface area contributed by atoms with Crippen molar-refractivity contribution in [3.8, 4) is 5.75 Å². The van der Waals surface area contributed by atoms with E-state index in [0.717, 1.165) is 33.0 Å². The van der Waals surface area contributed by atoms with E-state index in [0.29, 0.717) is 13.2 Å². The molecule has 0 amide bonds. The van der Waals surface area contributed by atoms with Gasteiger partial charge in [-0.3, -0.25) is 0 Å². The number of ether oxygens (including phenoxy) is 1. The molecule has 2 aromatic carbocycles. The fraction of sp³-hybridized carbons (Fsp3) is 0.278. The monoisotopic (exact) mass is 374 g/mol. The van der Waals surface area contributed by atoms with Gasteiger partial charge in [0.1, 0.15) is 5.75 Å².